The van der Waals surface area contributed by atoms with Gasteiger partial charge in [0.05, 0.1) is 7.11 Å². The number of fused-ring (bicyclic) bond motifs is 4. The Kier molecular flexibility index (Phi) is 6.49. The number of hydrogen-bond donors (Lipinski definition) is 0. The van der Waals surface area contributed by atoms with Gasteiger partial charge in [-0.1, -0.05) is 121 Å². The number of benzene rings is 6. The van der Waals surface area contributed by atoms with E-state index in [1.54, 1.807) is 13.2 Å². The molecular formula is C42H28O7. The highest BCUT2D eigenvalue weighted by Gasteiger charge is 2.48. The van der Waals surface area contributed by atoms with Crippen LogP contribution in [0.5, 0.6) is 28.7 Å². The number of methoxy groups -OCH3 is 1. The summed E-state index contributed by atoms with van der Waals surface area (Å²) in [6.45, 7) is 0. The third-order valence-electron chi connectivity index (χ3n) is 8.96. The maximum atomic E-state index is 14.0. The minimum atomic E-state index is -1.35. The van der Waals surface area contributed by atoms with Crippen LogP contribution in [0.4, 0.5) is 0 Å². The van der Waals surface area contributed by atoms with Crippen LogP contribution >= 0.6 is 0 Å². The molecule has 7 aromatic rings. The summed E-state index contributed by atoms with van der Waals surface area (Å²) < 4.78 is 38.8. The van der Waals surface area contributed by atoms with Crippen LogP contribution in [0, 0.1) is 0 Å². The molecule has 0 bridgehead atoms. The lowest BCUT2D eigenvalue weighted by Crippen LogP contribution is -2.36. The Balaban J connectivity index is 1.15. The number of hydrogen-bond acceptors (Lipinski definition) is 7. The Labute approximate surface area is 281 Å². The van der Waals surface area contributed by atoms with Crippen molar-refractivity contribution < 1.29 is 28.1 Å². The molecule has 0 spiro atoms. The van der Waals surface area contributed by atoms with Crippen LogP contribution in [0.1, 0.15) is 22.3 Å². The van der Waals surface area contributed by atoms with Crippen LogP contribution < -0.4 is 29.1 Å². The van der Waals surface area contributed by atoms with Gasteiger partial charge < -0.3 is 28.1 Å². The second-order valence-electron chi connectivity index (χ2n) is 11.9. The van der Waals surface area contributed by atoms with Crippen LogP contribution in [0.25, 0.3) is 22.3 Å². The molecule has 0 aliphatic carbocycles. The summed E-state index contributed by atoms with van der Waals surface area (Å²) in [6, 6.07) is 47.5. The van der Waals surface area contributed by atoms with Crippen molar-refractivity contribution in [2.45, 2.75) is 11.6 Å². The van der Waals surface area contributed by atoms with E-state index in [2.05, 4.69) is 0 Å². The van der Waals surface area contributed by atoms with E-state index < -0.39 is 11.6 Å². The van der Waals surface area contributed by atoms with E-state index in [0.717, 1.165) is 22.3 Å². The maximum Gasteiger partial charge on any atom is 0.305 e. The molecule has 0 amide bonds. The van der Waals surface area contributed by atoms with Crippen molar-refractivity contribution in [3.05, 3.63) is 184 Å². The second-order valence-corrected chi connectivity index (χ2v) is 11.9. The Morgan fingerprint density at radius 3 is 1.53 bits per heavy atom. The normalized spacial score (nSPS) is 14.9. The topological polar surface area (TPSA) is 76.4 Å². The minimum absolute atomic E-state index is 0.251. The molecule has 7 nitrogen and oxygen atoms in total. The molecule has 0 N–H and O–H groups in total. The molecule has 49 heavy (non-hydrogen) atoms. The summed E-state index contributed by atoms with van der Waals surface area (Å²) in [5, 5.41) is 0.251. The summed E-state index contributed by atoms with van der Waals surface area (Å²) in [5.41, 5.74) is 3.85. The molecule has 0 atom stereocenters. The van der Waals surface area contributed by atoms with E-state index in [9.17, 15) is 4.79 Å². The smallest absolute Gasteiger partial charge is 0.305 e. The number of ether oxygens (including phenoxy) is 5. The molecule has 1 aromatic heterocycles. The fourth-order valence-corrected chi connectivity index (χ4v) is 6.63. The van der Waals surface area contributed by atoms with Crippen molar-refractivity contribution in [1.82, 2.24) is 0 Å². The molecule has 0 fully saturated rings. The van der Waals surface area contributed by atoms with E-state index in [-0.39, 0.29) is 16.6 Å². The highest BCUT2D eigenvalue weighted by atomic mass is 16.7. The lowest BCUT2D eigenvalue weighted by molar-refractivity contribution is -0.0463. The van der Waals surface area contributed by atoms with Crippen LogP contribution in [0.15, 0.2) is 161 Å². The third-order valence-corrected chi connectivity index (χ3v) is 8.96. The van der Waals surface area contributed by atoms with E-state index in [1.807, 2.05) is 140 Å². The standard InChI is InChI=1S/C42H28O7/c1-44-37-26-36-38(40-39(37)48-42(49-40,30-18-10-4-11-19-30)31-20-12-5-13-21-31)32(43)25-34(45-36)27-22-23-33-35(24-27)47-41(46-33,28-14-6-2-7-15-28)29-16-8-3-9-17-29/h2-26H,1H3. The molecule has 9 rings (SSSR count). The van der Waals surface area contributed by atoms with Crippen molar-refractivity contribution in [2.24, 2.45) is 0 Å². The quantitative estimate of drug-likeness (QED) is 0.179. The van der Waals surface area contributed by atoms with Gasteiger partial charge in [-0.3, -0.25) is 4.79 Å². The van der Waals surface area contributed by atoms with E-state index >= 15 is 0 Å². The zero-order chi connectivity index (χ0) is 33.0. The molecule has 7 heteroatoms. The first-order chi connectivity index (χ1) is 24.1. The Bertz CT molecular complexity index is 2310. The van der Waals surface area contributed by atoms with Crippen molar-refractivity contribution >= 4 is 11.0 Å². The van der Waals surface area contributed by atoms with E-state index in [1.165, 1.54) is 6.07 Å². The Morgan fingerprint density at radius 2 is 1.00 bits per heavy atom. The van der Waals surface area contributed by atoms with Gasteiger partial charge in [-0.15, -0.1) is 0 Å². The predicted octanol–water partition coefficient (Wildman–Crippen LogP) is 8.81. The van der Waals surface area contributed by atoms with Crippen LogP contribution in [0.3, 0.4) is 0 Å². The van der Waals surface area contributed by atoms with Crippen LogP contribution in [0.2, 0.25) is 0 Å². The molecule has 0 radical (unpaired) electrons. The van der Waals surface area contributed by atoms with Crippen molar-refractivity contribution in [3.63, 3.8) is 0 Å². The molecule has 238 valence electrons. The Hall–Kier alpha value is -6.47. The van der Waals surface area contributed by atoms with Crippen LogP contribution in [-0.2, 0) is 11.6 Å². The Morgan fingerprint density at radius 1 is 0.510 bits per heavy atom. The molecule has 0 unspecified atom stereocenters. The SMILES string of the molecule is COc1cc2oc(-c3ccc4c(c3)OC(c3ccccc3)(c3ccccc3)O4)cc(=O)c2c2c1OC(c1ccccc1)(c1ccccc1)O2. The largest absolute Gasteiger partial charge is 0.493 e. The zero-order valence-corrected chi connectivity index (χ0v) is 26.3. The molecule has 3 heterocycles. The van der Waals surface area contributed by atoms with Gasteiger partial charge in [-0.25, -0.2) is 0 Å². The molecule has 0 saturated carbocycles. The van der Waals surface area contributed by atoms with E-state index in [4.69, 9.17) is 28.1 Å². The fraction of sp³-hybridized carbons (Fsp3) is 0.0714. The minimum Gasteiger partial charge on any atom is -0.493 e. The van der Waals surface area contributed by atoms with Gasteiger partial charge in [0.1, 0.15) is 16.7 Å². The molecule has 0 saturated heterocycles. The van der Waals surface area contributed by atoms with Crippen molar-refractivity contribution in [2.75, 3.05) is 7.11 Å². The average molecular weight is 645 g/mol. The summed E-state index contributed by atoms with van der Waals surface area (Å²) in [7, 11) is 1.54. The molecule has 2 aliphatic rings. The maximum absolute atomic E-state index is 14.0. The first-order valence-electron chi connectivity index (χ1n) is 15.9. The lowest BCUT2D eigenvalue weighted by Gasteiger charge is -2.28. The van der Waals surface area contributed by atoms with Gasteiger partial charge in [0.25, 0.3) is 0 Å². The predicted molar refractivity (Wildman–Crippen MR) is 184 cm³/mol. The molecular weight excluding hydrogens is 616 g/mol. The second kappa shape index (κ2) is 11.1. The van der Waals surface area contributed by atoms with Crippen molar-refractivity contribution in [1.29, 1.82) is 0 Å². The molecule has 2 aliphatic heterocycles. The lowest BCUT2D eigenvalue weighted by atomic mass is 9.97. The molecule has 6 aromatic carbocycles. The highest BCUT2D eigenvalue weighted by Crippen LogP contribution is 2.55. The van der Waals surface area contributed by atoms with Gasteiger partial charge in [0, 0.05) is 39.9 Å². The van der Waals surface area contributed by atoms with E-state index in [0.29, 0.717) is 39.9 Å². The monoisotopic (exact) mass is 644 g/mol. The summed E-state index contributed by atoms with van der Waals surface area (Å²) in [4.78, 5) is 14.0. The third kappa shape index (κ3) is 4.47. The van der Waals surface area contributed by atoms with Gasteiger partial charge in [-0.05, 0) is 18.2 Å². The zero-order valence-electron chi connectivity index (χ0n) is 26.3. The fourth-order valence-electron chi connectivity index (χ4n) is 6.63. The van der Waals surface area contributed by atoms with Crippen molar-refractivity contribution in [3.8, 4) is 40.1 Å². The van der Waals surface area contributed by atoms with Gasteiger partial charge in [0.15, 0.2) is 28.4 Å². The highest BCUT2D eigenvalue weighted by molar-refractivity contribution is 5.91. The first-order valence-corrected chi connectivity index (χ1v) is 15.9. The van der Waals surface area contributed by atoms with Crippen LogP contribution in [-0.4, -0.2) is 7.11 Å². The van der Waals surface area contributed by atoms with Gasteiger partial charge in [0.2, 0.25) is 5.75 Å². The summed E-state index contributed by atoms with van der Waals surface area (Å²) >= 11 is 0. The van der Waals surface area contributed by atoms with Gasteiger partial charge in [-0.2, -0.15) is 0 Å². The summed E-state index contributed by atoms with van der Waals surface area (Å²) in [6.07, 6.45) is 0. The average Bonchev–Trinajstić information content (AvgIpc) is 3.77. The first kappa shape index (κ1) is 28.7. The number of rotatable bonds is 6. The summed E-state index contributed by atoms with van der Waals surface area (Å²) in [5.74, 6) is -0.138. The van der Waals surface area contributed by atoms with Gasteiger partial charge >= 0.3 is 11.6 Å².